The molecule has 3 aromatic heterocycles. The summed E-state index contributed by atoms with van der Waals surface area (Å²) in [6, 6.07) is 4.06. The van der Waals surface area contributed by atoms with Crippen LogP contribution in [0, 0.1) is 0 Å². The summed E-state index contributed by atoms with van der Waals surface area (Å²) in [6.45, 7) is 5.02. The summed E-state index contributed by atoms with van der Waals surface area (Å²) < 4.78 is 8.93. The Morgan fingerprint density at radius 2 is 2.25 bits per heavy atom. The number of nitrogens with zero attached hydrogens (tertiary/aromatic N) is 6. The molecule has 9 nitrogen and oxygen atoms in total. The normalized spacial score (nSPS) is 17.2. The minimum absolute atomic E-state index is 0.241. The molecule has 0 amide bonds. The Hall–Kier alpha value is -2.78. The lowest BCUT2D eigenvalue weighted by molar-refractivity contribution is 0.0711. The highest BCUT2D eigenvalue weighted by atomic mass is 16.5. The van der Waals surface area contributed by atoms with Gasteiger partial charge in [-0.15, -0.1) is 5.10 Å². The van der Waals surface area contributed by atoms with Gasteiger partial charge in [0.05, 0.1) is 42.0 Å². The zero-order chi connectivity index (χ0) is 19.6. The summed E-state index contributed by atoms with van der Waals surface area (Å²) >= 11 is 0. The average molecular weight is 383 g/mol. The zero-order valence-electron chi connectivity index (χ0n) is 16.1. The number of ether oxygens (including phenoxy) is 1. The predicted octanol–water partition coefficient (Wildman–Crippen LogP) is 1.75. The molecular formula is C19H25N7O2. The van der Waals surface area contributed by atoms with Gasteiger partial charge in [-0.2, -0.15) is 5.10 Å². The summed E-state index contributed by atoms with van der Waals surface area (Å²) in [5.74, 6) is 0.720. The Balaban J connectivity index is 1.62. The number of nitrogens with one attached hydrogen (secondary N) is 1. The van der Waals surface area contributed by atoms with E-state index in [0.29, 0.717) is 19.4 Å². The molecule has 0 aromatic carbocycles. The molecule has 0 spiro atoms. The number of aryl methyl sites for hydroxylation is 1. The quantitative estimate of drug-likeness (QED) is 0.641. The number of aliphatic hydroxyl groups is 1. The van der Waals surface area contributed by atoms with E-state index in [4.69, 9.17) is 4.74 Å². The molecule has 2 N–H and O–H groups in total. The Morgan fingerprint density at radius 3 is 2.96 bits per heavy atom. The molecule has 4 heterocycles. The predicted molar refractivity (Wildman–Crippen MR) is 104 cm³/mol. The topological polar surface area (TPSA) is 103 Å². The van der Waals surface area contributed by atoms with Gasteiger partial charge in [0, 0.05) is 25.1 Å². The van der Waals surface area contributed by atoms with Gasteiger partial charge in [-0.1, -0.05) is 5.21 Å². The molecule has 28 heavy (non-hydrogen) atoms. The second-order valence-electron chi connectivity index (χ2n) is 7.68. The van der Waals surface area contributed by atoms with E-state index in [0.717, 1.165) is 35.9 Å². The van der Waals surface area contributed by atoms with Crippen molar-refractivity contribution in [2.75, 3.05) is 18.5 Å². The van der Waals surface area contributed by atoms with Crippen molar-refractivity contribution in [1.82, 2.24) is 29.8 Å². The van der Waals surface area contributed by atoms with Crippen molar-refractivity contribution in [2.45, 2.75) is 44.8 Å². The molecule has 0 unspecified atom stereocenters. The fourth-order valence-electron chi connectivity index (χ4n) is 3.10. The van der Waals surface area contributed by atoms with Crippen LogP contribution in [0.2, 0.25) is 0 Å². The highest BCUT2D eigenvalue weighted by molar-refractivity contribution is 5.62. The Morgan fingerprint density at radius 1 is 1.36 bits per heavy atom. The minimum atomic E-state index is -0.730. The van der Waals surface area contributed by atoms with Crippen LogP contribution < -0.4 is 5.32 Å². The molecular weight excluding hydrogens is 358 g/mol. The first-order valence-corrected chi connectivity index (χ1v) is 9.46. The van der Waals surface area contributed by atoms with E-state index in [1.165, 1.54) is 0 Å². The maximum absolute atomic E-state index is 9.93. The van der Waals surface area contributed by atoms with Crippen LogP contribution in [-0.4, -0.2) is 59.7 Å². The smallest absolute Gasteiger partial charge is 0.155 e. The van der Waals surface area contributed by atoms with Crippen molar-refractivity contribution in [3.63, 3.8) is 0 Å². The second kappa shape index (κ2) is 7.69. The van der Waals surface area contributed by atoms with E-state index in [2.05, 4.69) is 25.7 Å². The number of hydrogen-bond donors (Lipinski definition) is 2. The van der Waals surface area contributed by atoms with E-state index in [1.54, 1.807) is 35.6 Å². The van der Waals surface area contributed by atoms with Crippen LogP contribution in [-0.2, 0) is 11.2 Å². The summed E-state index contributed by atoms with van der Waals surface area (Å²) in [6.07, 6.45) is 9.45. The van der Waals surface area contributed by atoms with E-state index >= 15 is 0 Å². The average Bonchev–Trinajstić information content (AvgIpc) is 3.41. The molecule has 0 bridgehead atoms. The van der Waals surface area contributed by atoms with Gasteiger partial charge in [0.15, 0.2) is 5.82 Å². The summed E-state index contributed by atoms with van der Waals surface area (Å²) in [5.41, 5.74) is 1.81. The monoisotopic (exact) mass is 383 g/mol. The van der Waals surface area contributed by atoms with Crippen molar-refractivity contribution in [3.8, 4) is 11.5 Å². The van der Waals surface area contributed by atoms with Crippen LogP contribution >= 0.6 is 0 Å². The molecule has 1 fully saturated rings. The number of aromatic nitrogens is 6. The zero-order valence-corrected chi connectivity index (χ0v) is 16.1. The molecule has 3 aromatic rings. The molecule has 4 rings (SSSR count). The number of hydrogen-bond acceptors (Lipinski definition) is 7. The van der Waals surface area contributed by atoms with Gasteiger partial charge < -0.3 is 15.2 Å². The molecule has 9 heteroatoms. The van der Waals surface area contributed by atoms with Gasteiger partial charge in [0.25, 0.3) is 0 Å². The SMILES string of the molecule is CC(C)(O)CCc1cn(-c2cnc(-n3cccn3)cc2N[C@H]2CCOC2)nn1. The molecule has 1 aliphatic rings. The fourth-order valence-corrected chi connectivity index (χ4v) is 3.10. The van der Waals surface area contributed by atoms with Gasteiger partial charge >= 0.3 is 0 Å². The highest BCUT2D eigenvalue weighted by Crippen LogP contribution is 2.24. The highest BCUT2D eigenvalue weighted by Gasteiger charge is 2.19. The van der Waals surface area contributed by atoms with E-state index in [9.17, 15) is 5.11 Å². The summed E-state index contributed by atoms with van der Waals surface area (Å²) in [7, 11) is 0. The first-order valence-electron chi connectivity index (χ1n) is 9.46. The minimum Gasteiger partial charge on any atom is -0.390 e. The van der Waals surface area contributed by atoms with Crippen LogP contribution in [0.1, 0.15) is 32.4 Å². The third kappa shape index (κ3) is 4.37. The van der Waals surface area contributed by atoms with Gasteiger partial charge in [-0.25, -0.2) is 14.3 Å². The second-order valence-corrected chi connectivity index (χ2v) is 7.68. The van der Waals surface area contributed by atoms with E-state index in [-0.39, 0.29) is 6.04 Å². The molecule has 0 saturated carbocycles. The van der Waals surface area contributed by atoms with Crippen molar-refractivity contribution < 1.29 is 9.84 Å². The van der Waals surface area contributed by atoms with Gasteiger partial charge in [0.1, 0.15) is 5.69 Å². The molecule has 1 aliphatic heterocycles. The molecule has 148 valence electrons. The van der Waals surface area contributed by atoms with Gasteiger partial charge in [0.2, 0.25) is 0 Å². The Bertz CT molecular complexity index is 909. The van der Waals surface area contributed by atoms with Gasteiger partial charge in [-0.05, 0) is 39.2 Å². The third-order valence-corrected chi connectivity index (χ3v) is 4.68. The lowest BCUT2D eigenvalue weighted by Gasteiger charge is -2.17. The summed E-state index contributed by atoms with van der Waals surface area (Å²) in [5, 5.41) is 26.2. The van der Waals surface area contributed by atoms with Crippen molar-refractivity contribution in [3.05, 3.63) is 42.6 Å². The first kappa shape index (κ1) is 18.6. The Labute approximate surface area is 163 Å². The lowest BCUT2D eigenvalue weighted by Crippen LogP contribution is -2.20. The van der Waals surface area contributed by atoms with Crippen molar-refractivity contribution in [1.29, 1.82) is 0 Å². The molecule has 1 saturated heterocycles. The number of pyridine rings is 1. The standard InChI is InChI=1S/C19H25N7O2/c1-19(2,27)6-4-14-12-26(24-23-14)17-11-20-18(25-8-3-7-21-25)10-16(17)22-15-5-9-28-13-15/h3,7-8,10-12,15,27H,4-6,9,13H2,1-2H3,(H,20,22)/t15-/m0/s1. The fraction of sp³-hybridized carbons (Fsp3) is 0.474. The van der Waals surface area contributed by atoms with Gasteiger partial charge in [-0.3, -0.25) is 0 Å². The number of rotatable bonds is 7. The van der Waals surface area contributed by atoms with E-state index < -0.39 is 5.60 Å². The van der Waals surface area contributed by atoms with Crippen LogP contribution in [0.4, 0.5) is 5.69 Å². The maximum Gasteiger partial charge on any atom is 0.155 e. The van der Waals surface area contributed by atoms with Crippen molar-refractivity contribution >= 4 is 5.69 Å². The first-order chi connectivity index (χ1) is 13.5. The number of anilines is 1. The maximum atomic E-state index is 9.93. The Kier molecular flexibility index (Phi) is 5.10. The van der Waals surface area contributed by atoms with Crippen LogP contribution in [0.15, 0.2) is 36.9 Å². The van der Waals surface area contributed by atoms with Crippen molar-refractivity contribution in [2.24, 2.45) is 0 Å². The molecule has 0 aliphatic carbocycles. The largest absolute Gasteiger partial charge is 0.390 e. The third-order valence-electron chi connectivity index (χ3n) is 4.68. The lowest BCUT2D eigenvalue weighted by atomic mass is 10.0. The summed E-state index contributed by atoms with van der Waals surface area (Å²) in [4.78, 5) is 4.53. The van der Waals surface area contributed by atoms with E-state index in [1.807, 2.05) is 24.5 Å². The molecule has 1 atom stereocenters. The van der Waals surface area contributed by atoms with Crippen LogP contribution in [0.3, 0.4) is 0 Å². The van der Waals surface area contributed by atoms with Crippen LogP contribution in [0.25, 0.3) is 11.5 Å². The molecule has 0 radical (unpaired) electrons. The van der Waals surface area contributed by atoms with Crippen LogP contribution in [0.5, 0.6) is 0 Å².